The van der Waals surface area contributed by atoms with Crippen molar-refractivity contribution in [1.29, 1.82) is 0 Å². The second kappa shape index (κ2) is 9.20. The average Bonchev–Trinajstić information content (AvgIpc) is 2.57. The molecule has 0 aliphatic rings. The van der Waals surface area contributed by atoms with Crippen molar-refractivity contribution in [3.63, 3.8) is 0 Å². The van der Waals surface area contributed by atoms with E-state index >= 15 is 0 Å². The molecule has 0 aliphatic heterocycles. The first-order valence-electron chi connectivity index (χ1n) is 8.63. The van der Waals surface area contributed by atoms with Crippen molar-refractivity contribution in [2.45, 2.75) is 39.7 Å². The molecule has 2 amide bonds. The first kappa shape index (κ1) is 21.2. The zero-order valence-electron chi connectivity index (χ0n) is 16.0. The number of rotatable bonds is 6. The van der Waals surface area contributed by atoms with Gasteiger partial charge in [-0.2, -0.15) is 0 Å². The number of ether oxygens (including phenoxy) is 2. The molecular formula is C20H24Cl2N2O3. The van der Waals surface area contributed by atoms with Crippen LogP contribution in [0.4, 0.5) is 10.5 Å². The van der Waals surface area contributed by atoms with Gasteiger partial charge in [-0.05, 0) is 50.1 Å². The third-order valence-electron chi connectivity index (χ3n) is 3.72. The molecule has 2 aromatic carbocycles. The zero-order chi connectivity index (χ0) is 20.1. The summed E-state index contributed by atoms with van der Waals surface area (Å²) in [6.45, 7) is 7.89. The summed E-state index contributed by atoms with van der Waals surface area (Å²) in [5.74, 6) is 1.99. The highest BCUT2D eigenvalue weighted by molar-refractivity contribution is 6.37. The Morgan fingerprint density at radius 1 is 1.04 bits per heavy atom. The minimum Gasteiger partial charge on any atom is -0.496 e. The fourth-order valence-corrected chi connectivity index (χ4v) is 3.07. The maximum atomic E-state index is 11.8. The second-order valence-corrected chi connectivity index (χ2v) is 7.50. The number of methoxy groups -OCH3 is 1. The number of halogens is 2. The summed E-state index contributed by atoms with van der Waals surface area (Å²) >= 11 is 12.7. The summed E-state index contributed by atoms with van der Waals surface area (Å²) < 4.78 is 11.3. The molecule has 0 atom stereocenters. The van der Waals surface area contributed by atoms with Crippen molar-refractivity contribution in [1.82, 2.24) is 5.32 Å². The number of urea groups is 1. The maximum Gasteiger partial charge on any atom is 0.319 e. The van der Waals surface area contributed by atoms with E-state index in [0.717, 1.165) is 11.3 Å². The highest BCUT2D eigenvalue weighted by Gasteiger charge is 2.15. The monoisotopic (exact) mass is 410 g/mol. The Bertz CT molecular complexity index is 800. The molecule has 146 valence electrons. The minimum absolute atomic E-state index is 0.0174. The van der Waals surface area contributed by atoms with E-state index in [1.54, 1.807) is 25.3 Å². The Kier molecular flexibility index (Phi) is 7.22. The van der Waals surface area contributed by atoms with Gasteiger partial charge in [0.2, 0.25) is 0 Å². The molecule has 0 aromatic heterocycles. The zero-order valence-corrected chi connectivity index (χ0v) is 17.5. The average molecular weight is 411 g/mol. The summed E-state index contributed by atoms with van der Waals surface area (Å²) in [5, 5.41) is 6.02. The van der Waals surface area contributed by atoms with Crippen LogP contribution in [0.5, 0.6) is 17.2 Å². The number of carbonyl (C=O) groups is 1. The fraction of sp³-hybridized carbons (Fsp3) is 0.350. The van der Waals surface area contributed by atoms with Crippen LogP contribution in [0.15, 0.2) is 30.3 Å². The lowest BCUT2D eigenvalue weighted by molar-refractivity contribution is 0.250. The second-order valence-electron chi connectivity index (χ2n) is 6.68. The van der Waals surface area contributed by atoms with E-state index in [9.17, 15) is 4.79 Å². The molecule has 0 aliphatic carbocycles. The topological polar surface area (TPSA) is 59.6 Å². The number of amides is 2. The number of nitrogens with one attached hydrogen (secondary N) is 2. The molecular weight excluding hydrogens is 387 g/mol. The largest absolute Gasteiger partial charge is 0.496 e. The Morgan fingerprint density at radius 3 is 2.19 bits per heavy atom. The lowest BCUT2D eigenvalue weighted by Gasteiger charge is -2.16. The molecule has 0 heterocycles. The molecule has 0 saturated heterocycles. The van der Waals surface area contributed by atoms with Gasteiger partial charge in [0.15, 0.2) is 5.75 Å². The normalized spacial score (nSPS) is 10.9. The van der Waals surface area contributed by atoms with Crippen LogP contribution in [0.2, 0.25) is 10.0 Å². The molecule has 0 unspecified atom stereocenters. The van der Waals surface area contributed by atoms with E-state index in [1.165, 1.54) is 0 Å². The molecule has 0 fully saturated rings. The van der Waals surface area contributed by atoms with Crippen LogP contribution in [-0.2, 0) is 0 Å². The SMILES string of the molecule is COc1ccc(Oc2c(Cl)cc(NC(=O)NC(C)C)cc2Cl)cc1C(C)C. The van der Waals surface area contributed by atoms with Crippen LogP contribution < -0.4 is 20.1 Å². The standard InChI is InChI=1S/C20H24Cl2N2O3/c1-11(2)15-10-14(6-7-18(15)26-5)27-19-16(21)8-13(9-17(19)22)24-20(25)23-12(3)4/h6-12H,1-5H3,(H2,23,24,25). The lowest BCUT2D eigenvalue weighted by atomic mass is 10.0. The molecule has 0 saturated carbocycles. The van der Waals surface area contributed by atoms with E-state index < -0.39 is 0 Å². The summed E-state index contributed by atoms with van der Waals surface area (Å²) in [6, 6.07) is 8.41. The Hall–Kier alpha value is -2.11. The van der Waals surface area contributed by atoms with E-state index in [4.69, 9.17) is 32.7 Å². The maximum absolute atomic E-state index is 11.8. The molecule has 0 spiro atoms. The van der Waals surface area contributed by atoms with Gasteiger partial charge in [-0.25, -0.2) is 4.79 Å². The molecule has 0 radical (unpaired) electrons. The third-order valence-corrected chi connectivity index (χ3v) is 4.28. The lowest BCUT2D eigenvalue weighted by Crippen LogP contribution is -2.34. The Morgan fingerprint density at radius 2 is 1.67 bits per heavy atom. The number of benzene rings is 2. The van der Waals surface area contributed by atoms with E-state index in [0.29, 0.717) is 27.2 Å². The van der Waals surface area contributed by atoms with E-state index in [1.807, 2.05) is 26.0 Å². The number of hydrogen-bond donors (Lipinski definition) is 2. The van der Waals surface area contributed by atoms with Crippen molar-refractivity contribution in [3.8, 4) is 17.2 Å². The number of carbonyl (C=O) groups excluding carboxylic acids is 1. The van der Waals surface area contributed by atoms with Crippen molar-refractivity contribution in [2.24, 2.45) is 0 Å². The first-order valence-corrected chi connectivity index (χ1v) is 9.39. The molecule has 2 rings (SSSR count). The number of hydrogen-bond acceptors (Lipinski definition) is 3. The fourth-order valence-electron chi connectivity index (χ4n) is 2.50. The van der Waals surface area contributed by atoms with Crippen LogP contribution >= 0.6 is 23.2 Å². The van der Waals surface area contributed by atoms with Crippen molar-refractivity contribution >= 4 is 34.9 Å². The molecule has 5 nitrogen and oxygen atoms in total. The van der Waals surface area contributed by atoms with Gasteiger partial charge in [-0.15, -0.1) is 0 Å². The molecule has 2 N–H and O–H groups in total. The summed E-state index contributed by atoms with van der Waals surface area (Å²) in [4.78, 5) is 11.8. The van der Waals surface area contributed by atoms with Gasteiger partial charge < -0.3 is 20.1 Å². The number of anilines is 1. The van der Waals surface area contributed by atoms with Gasteiger partial charge in [0.1, 0.15) is 11.5 Å². The highest BCUT2D eigenvalue weighted by Crippen LogP contribution is 2.40. The minimum atomic E-state index is -0.331. The van der Waals surface area contributed by atoms with Gasteiger partial charge in [0.25, 0.3) is 0 Å². The van der Waals surface area contributed by atoms with Crippen LogP contribution in [0, 0.1) is 0 Å². The van der Waals surface area contributed by atoms with Gasteiger partial charge >= 0.3 is 6.03 Å². The summed E-state index contributed by atoms with van der Waals surface area (Å²) in [6.07, 6.45) is 0. The smallest absolute Gasteiger partial charge is 0.319 e. The molecule has 0 bridgehead atoms. The molecule has 2 aromatic rings. The highest BCUT2D eigenvalue weighted by atomic mass is 35.5. The van der Waals surface area contributed by atoms with Gasteiger partial charge in [0, 0.05) is 17.3 Å². The summed E-state index contributed by atoms with van der Waals surface area (Å²) in [7, 11) is 1.64. The van der Waals surface area contributed by atoms with E-state index in [-0.39, 0.29) is 18.0 Å². The van der Waals surface area contributed by atoms with Crippen molar-refractivity contribution < 1.29 is 14.3 Å². The summed E-state index contributed by atoms with van der Waals surface area (Å²) in [5.41, 5.74) is 1.50. The Balaban J connectivity index is 2.25. The molecule has 27 heavy (non-hydrogen) atoms. The van der Waals surface area contributed by atoms with Crippen LogP contribution in [0.25, 0.3) is 0 Å². The van der Waals surface area contributed by atoms with Gasteiger partial charge in [0.05, 0.1) is 17.2 Å². The predicted octanol–water partition coefficient (Wildman–Crippen LogP) is 6.45. The molecule has 7 heteroatoms. The predicted molar refractivity (Wildman–Crippen MR) is 111 cm³/mol. The van der Waals surface area contributed by atoms with Crippen molar-refractivity contribution in [3.05, 3.63) is 45.9 Å². The van der Waals surface area contributed by atoms with E-state index in [2.05, 4.69) is 24.5 Å². The van der Waals surface area contributed by atoms with Gasteiger partial charge in [-0.1, -0.05) is 37.0 Å². The quantitative estimate of drug-likeness (QED) is 0.575. The van der Waals surface area contributed by atoms with Crippen LogP contribution in [0.1, 0.15) is 39.2 Å². The van der Waals surface area contributed by atoms with Gasteiger partial charge in [-0.3, -0.25) is 0 Å². The van der Waals surface area contributed by atoms with Crippen molar-refractivity contribution in [2.75, 3.05) is 12.4 Å². The van der Waals surface area contributed by atoms with Crippen LogP contribution in [-0.4, -0.2) is 19.2 Å². The Labute approximate surface area is 170 Å². The van der Waals surface area contributed by atoms with Crippen LogP contribution in [0.3, 0.4) is 0 Å². The first-order chi connectivity index (χ1) is 12.7. The third kappa shape index (κ3) is 5.68.